The molecule has 0 atom stereocenters. The average molecular weight is 599 g/mol. The maximum absolute atomic E-state index is 6.00. The summed E-state index contributed by atoms with van der Waals surface area (Å²) in [5.74, 6) is 3.22. The van der Waals surface area contributed by atoms with Crippen molar-refractivity contribution in [2.75, 3.05) is 5.32 Å². The summed E-state index contributed by atoms with van der Waals surface area (Å²) in [5, 5.41) is 3.60. The lowest BCUT2D eigenvalue weighted by Crippen LogP contribution is -1.97. The van der Waals surface area contributed by atoms with E-state index in [0.29, 0.717) is 0 Å². The Hall–Kier alpha value is -5.14. The molecule has 3 heterocycles. The highest BCUT2D eigenvalue weighted by atomic mass is 79.9. The Bertz CT molecular complexity index is 1930. The van der Waals surface area contributed by atoms with Gasteiger partial charge in [0.2, 0.25) is 0 Å². The van der Waals surface area contributed by atoms with Gasteiger partial charge >= 0.3 is 0 Å². The number of halogens is 1. The Labute approximate surface area is 245 Å². The molecule has 0 amide bonds. The number of aromatic amines is 1. The summed E-state index contributed by atoms with van der Waals surface area (Å²) in [7, 11) is 0. The second-order valence-electron chi connectivity index (χ2n) is 9.54. The fourth-order valence-electron chi connectivity index (χ4n) is 4.71. The van der Waals surface area contributed by atoms with Gasteiger partial charge in [0.15, 0.2) is 0 Å². The van der Waals surface area contributed by atoms with Gasteiger partial charge in [0.05, 0.1) is 11.9 Å². The van der Waals surface area contributed by atoms with Gasteiger partial charge in [0.1, 0.15) is 34.5 Å². The Morgan fingerprint density at radius 3 is 2.10 bits per heavy atom. The fourth-order valence-corrected chi connectivity index (χ4v) is 4.98. The molecule has 0 bridgehead atoms. The minimum atomic E-state index is 0.767. The number of imidazole rings is 2. The second-order valence-corrected chi connectivity index (χ2v) is 10.5. The number of fused-ring (bicyclic) bond motifs is 1. The normalized spacial score (nSPS) is 11.0. The number of aromatic nitrogens is 4. The van der Waals surface area contributed by atoms with Crippen LogP contribution in [0.3, 0.4) is 0 Å². The molecule has 7 heteroatoms. The van der Waals surface area contributed by atoms with E-state index < -0.39 is 0 Å². The third kappa shape index (κ3) is 5.23. The van der Waals surface area contributed by atoms with E-state index in [1.54, 1.807) is 0 Å². The van der Waals surface area contributed by atoms with E-state index >= 15 is 0 Å². The van der Waals surface area contributed by atoms with E-state index in [2.05, 4.69) is 53.9 Å². The molecule has 6 nitrogen and oxygen atoms in total. The van der Waals surface area contributed by atoms with E-state index in [-0.39, 0.29) is 0 Å². The van der Waals surface area contributed by atoms with Crippen LogP contribution in [0.5, 0.6) is 11.5 Å². The van der Waals surface area contributed by atoms with E-state index in [1.807, 2.05) is 115 Å². The van der Waals surface area contributed by atoms with E-state index in [9.17, 15) is 0 Å². The molecule has 0 spiro atoms. The van der Waals surface area contributed by atoms with Gasteiger partial charge in [0.25, 0.3) is 0 Å². The molecule has 4 aromatic carbocycles. The first-order chi connectivity index (χ1) is 20.2. The van der Waals surface area contributed by atoms with Crippen molar-refractivity contribution in [3.63, 3.8) is 0 Å². The van der Waals surface area contributed by atoms with Crippen LogP contribution in [-0.2, 0) is 0 Å². The number of anilines is 2. The summed E-state index contributed by atoms with van der Waals surface area (Å²) in [5.41, 5.74) is 6.60. The molecular weight excluding hydrogens is 574 g/mol. The van der Waals surface area contributed by atoms with Crippen molar-refractivity contribution in [3.8, 4) is 45.4 Å². The number of nitrogens with one attached hydrogen (secondary N) is 2. The van der Waals surface area contributed by atoms with Crippen LogP contribution in [0.2, 0.25) is 0 Å². The van der Waals surface area contributed by atoms with Crippen molar-refractivity contribution < 1.29 is 4.74 Å². The quantitative estimate of drug-likeness (QED) is 0.192. The highest BCUT2D eigenvalue weighted by Crippen LogP contribution is 2.34. The molecule has 0 unspecified atom stereocenters. The van der Waals surface area contributed by atoms with E-state index in [0.717, 1.165) is 67.0 Å². The number of hydrogen-bond acceptors (Lipinski definition) is 4. The van der Waals surface area contributed by atoms with Gasteiger partial charge < -0.3 is 15.0 Å². The van der Waals surface area contributed by atoms with Gasteiger partial charge in [-0.3, -0.25) is 4.40 Å². The molecule has 0 saturated carbocycles. The highest BCUT2D eigenvalue weighted by Gasteiger charge is 2.17. The van der Waals surface area contributed by atoms with E-state index in [4.69, 9.17) is 9.72 Å². The maximum Gasteiger partial charge on any atom is 0.143 e. The van der Waals surface area contributed by atoms with Crippen LogP contribution < -0.4 is 10.1 Å². The third-order valence-corrected chi connectivity index (χ3v) is 7.29. The summed E-state index contributed by atoms with van der Waals surface area (Å²) in [6.45, 7) is 0. The first kappa shape index (κ1) is 24.9. The van der Waals surface area contributed by atoms with Crippen LogP contribution in [0.25, 0.3) is 39.5 Å². The van der Waals surface area contributed by atoms with E-state index in [1.165, 1.54) is 0 Å². The van der Waals surface area contributed by atoms with Crippen LogP contribution in [0, 0.1) is 0 Å². The maximum atomic E-state index is 6.00. The molecule has 7 rings (SSSR count). The van der Waals surface area contributed by atoms with Gasteiger partial charge in [-0.25, -0.2) is 9.97 Å². The van der Waals surface area contributed by atoms with Crippen LogP contribution in [0.15, 0.2) is 138 Å². The van der Waals surface area contributed by atoms with Crippen LogP contribution in [-0.4, -0.2) is 19.4 Å². The second kappa shape index (κ2) is 10.8. The Morgan fingerprint density at radius 2 is 1.34 bits per heavy atom. The number of hydrogen-bond donors (Lipinski definition) is 2. The van der Waals surface area contributed by atoms with Crippen LogP contribution in [0.1, 0.15) is 0 Å². The fraction of sp³-hybridized carbons (Fsp3) is 0. The lowest BCUT2D eigenvalue weighted by atomic mass is 10.1. The topological polar surface area (TPSA) is 67.2 Å². The van der Waals surface area contributed by atoms with Gasteiger partial charge in [-0.1, -0.05) is 64.5 Å². The smallest absolute Gasteiger partial charge is 0.143 e. The zero-order chi connectivity index (χ0) is 27.6. The lowest BCUT2D eigenvalue weighted by Gasteiger charge is -2.10. The number of ether oxygens (including phenoxy) is 1. The Morgan fingerprint density at radius 1 is 0.683 bits per heavy atom. The summed E-state index contributed by atoms with van der Waals surface area (Å²) in [6.07, 6.45) is 3.93. The molecule has 0 aliphatic rings. The molecule has 198 valence electrons. The molecule has 0 aliphatic carbocycles. The minimum Gasteiger partial charge on any atom is -0.457 e. The van der Waals surface area contributed by atoms with Crippen molar-refractivity contribution in [2.24, 2.45) is 0 Å². The standard InChI is InChI=1S/C34H24BrN5O/c35-26-16-11-23(12-17-26)30-21-36-33(38-30)25-15-20-31-39-32(34(40(31)22-25)37-27-7-3-1-4-8-27)24-13-18-29(19-14-24)41-28-9-5-2-6-10-28/h1-22,37H,(H,36,38). The molecule has 7 aromatic rings. The summed E-state index contributed by atoms with van der Waals surface area (Å²) >= 11 is 3.50. The van der Waals surface area contributed by atoms with Gasteiger partial charge in [-0.05, 0) is 78.4 Å². The summed E-state index contributed by atoms with van der Waals surface area (Å²) in [6, 6.07) is 40.1. The molecule has 0 saturated heterocycles. The molecule has 0 aliphatic heterocycles. The number of para-hydroxylation sites is 2. The summed E-state index contributed by atoms with van der Waals surface area (Å²) in [4.78, 5) is 13.2. The first-order valence-corrected chi connectivity index (χ1v) is 14.0. The van der Waals surface area contributed by atoms with Gasteiger partial charge in [-0.2, -0.15) is 0 Å². The van der Waals surface area contributed by atoms with Crippen molar-refractivity contribution in [1.82, 2.24) is 19.4 Å². The zero-order valence-corrected chi connectivity index (χ0v) is 23.4. The molecule has 0 fully saturated rings. The number of nitrogens with zero attached hydrogens (tertiary/aromatic N) is 3. The Balaban J connectivity index is 1.27. The average Bonchev–Trinajstić information content (AvgIpc) is 3.65. The number of rotatable bonds is 7. The SMILES string of the molecule is Brc1ccc(-c2cnc(-c3ccc4nc(-c5ccc(Oc6ccccc6)cc5)c(Nc5ccccc5)n4c3)[nH]2)cc1. The number of benzene rings is 4. The van der Waals surface area contributed by atoms with Crippen molar-refractivity contribution in [3.05, 3.63) is 138 Å². The molecule has 0 radical (unpaired) electrons. The van der Waals surface area contributed by atoms with Gasteiger partial charge in [0, 0.05) is 27.5 Å². The summed E-state index contributed by atoms with van der Waals surface area (Å²) < 4.78 is 9.12. The van der Waals surface area contributed by atoms with Gasteiger partial charge in [-0.15, -0.1) is 0 Å². The molecule has 2 N–H and O–H groups in total. The highest BCUT2D eigenvalue weighted by molar-refractivity contribution is 9.10. The monoisotopic (exact) mass is 597 g/mol. The largest absolute Gasteiger partial charge is 0.457 e. The number of pyridine rings is 1. The molecular formula is C34H24BrN5O. The predicted octanol–water partition coefficient (Wildman–Crippen LogP) is 9.36. The van der Waals surface area contributed by atoms with Crippen molar-refractivity contribution in [1.29, 1.82) is 0 Å². The lowest BCUT2D eigenvalue weighted by molar-refractivity contribution is 0.483. The predicted molar refractivity (Wildman–Crippen MR) is 168 cm³/mol. The first-order valence-electron chi connectivity index (χ1n) is 13.2. The van der Waals surface area contributed by atoms with Crippen molar-refractivity contribution >= 4 is 33.1 Å². The Kier molecular flexibility index (Phi) is 6.55. The minimum absolute atomic E-state index is 0.767. The molecule has 3 aromatic heterocycles. The molecule has 41 heavy (non-hydrogen) atoms. The van der Waals surface area contributed by atoms with Crippen LogP contribution in [0.4, 0.5) is 11.5 Å². The van der Waals surface area contributed by atoms with Crippen LogP contribution >= 0.6 is 15.9 Å². The van der Waals surface area contributed by atoms with Crippen molar-refractivity contribution in [2.45, 2.75) is 0 Å². The third-order valence-electron chi connectivity index (χ3n) is 6.77. The number of H-pyrrole nitrogens is 1. The zero-order valence-electron chi connectivity index (χ0n) is 21.8.